The van der Waals surface area contributed by atoms with Crippen LogP contribution in [0.15, 0.2) is 0 Å². The predicted molar refractivity (Wildman–Crippen MR) is 130 cm³/mol. The van der Waals surface area contributed by atoms with Crippen molar-refractivity contribution in [3.05, 3.63) is 0 Å². The first-order chi connectivity index (χ1) is 14.0. The van der Waals surface area contributed by atoms with Crippen LogP contribution in [0, 0.1) is 27.6 Å². The van der Waals surface area contributed by atoms with Crippen LogP contribution in [-0.2, 0) is 10.1 Å². The minimum atomic E-state index is -4.28. The molecule has 180 valence electrons. The molecule has 4 heteroatoms. The van der Waals surface area contributed by atoms with E-state index in [9.17, 15) is 13.0 Å². The molecule has 1 aliphatic carbocycles. The van der Waals surface area contributed by atoms with Gasteiger partial charge in [-0.25, -0.2) is 0 Å². The molecule has 0 aromatic heterocycles. The van der Waals surface area contributed by atoms with Crippen molar-refractivity contribution < 1.29 is 13.0 Å². The Morgan fingerprint density at radius 2 is 0.933 bits per heavy atom. The molecule has 1 fully saturated rings. The van der Waals surface area contributed by atoms with E-state index in [1.54, 1.807) is 0 Å². The summed E-state index contributed by atoms with van der Waals surface area (Å²) in [5.74, 6) is -0.0500. The zero-order valence-corrected chi connectivity index (χ0v) is 22.6. The van der Waals surface area contributed by atoms with Crippen molar-refractivity contribution in [2.75, 3.05) is 0 Å². The van der Waals surface area contributed by atoms with Gasteiger partial charge in [-0.1, -0.05) is 75.7 Å². The van der Waals surface area contributed by atoms with Gasteiger partial charge >= 0.3 is 0 Å². The quantitative estimate of drug-likeness (QED) is 0.326. The summed E-state index contributed by atoms with van der Waals surface area (Å²) in [6.07, 6.45) is 8.85. The Balaban J connectivity index is 4.55. The highest BCUT2D eigenvalue weighted by atomic mass is 32.2. The third-order valence-electron chi connectivity index (χ3n) is 11.1. The van der Waals surface area contributed by atoms with Crippen LogP contribution in [0.5, 0.6) is 0 Å². The predicted octanol–water partition coefficient (Wildman–Crippen LogP) is 8.29. The van der Waals surface area contributed by atoms with Gasteiger partial charge < -0.3 is 0 Å². The maximum absolute atomic E-state index is 13.6. The average Bonchev–Trinajstić information content (AvgIpc) is 2.75. The van der Waals surface area contributed by atoms with Crippen molar-refractivity contribution in [2.24, 2.45) is 27.6 Å². The highest BCUT2D eigenvalue weighted by molar-refractivity contribution is 7.87. The fraction of sp³-hybridized carbons (Fsp3) is 1.00. The minimum absolute atomic E-state index is 0.0447. The minimum Gasteiger partial charge on any atom is -0.285 e. The molecule has 0 aromatic rings. The molecule has 0 amide bonds. The second-order valence-corrected chi connectivity index (χ2v) is 11.6. The first-order valence-corrected chi connectivity index (χ1v) is 14.4. The van der Waals surface area contributed by atoms with Crippen LogP contribution in [0.2, 0.25) is 0 Å². The van der Waals surface area contributed by atoms with Crippen LogP contribution in [0.25, 0.3) is 0 Å². The molecule has 1 saturated carbocycles. The van der Waals surface area contributed by atoms with E-state index < -0.39 is 20.3 Å². The lowest BCUT2D eigenvalue weighted by Gasteiger charge is -2.78. The van der Waals surface area contributed by atoms with Crippen LogP contribution in [0.1, 0.15) is 133 Å². The smallest absolute Gasteiger partial charge is 0.271 e. The lowest BCUT2D eigenvalue weighted by atomic mass is 9.28. The van der Waals surface area contributed by atoms with Crippen molar-refractivity contribution in [2.45, 2.75) is 138 Å². The monoisotopic (exact) mass is 444 g/mol. The Bertz CT molecular complexity index is 650. The second kappa shape index (κ2) is 9.41. The highest BCUT2D eigenvalue weighted by Crippen LogP contribution is 2.81. The van der Waals surface area contributed by atoms with Gasteiger partial charge in [0.1, 0.15) is 4.75 Å². The van der Waals surface area contributed by atoms with Gasteiger partial charge in [-0.05, 0) is 85.4 Å². The zero-order valence-electron chi connectivity index (χ0n) is 21.8. The van der Waals surface area contributed by atoms with Gasteiger partial charge in [0.15, 0.2) is 0 Å². The molecule has 0 spiro atoms. The Hall–Kier alpha value is -0.0900. The maximum atomic E-state index is 13.6. The average molecular weight is 445 g/mol. The van der Waals surface area contributed by atoms with Crippen molar-refractivity contribution in [3.8, 4) is 0 Å². The summed E-state index contributed by atoms with van der Waals surface area (Å²) in [5.41, 5.74) is -0.664. The van der Waals surface area contributed by atoms with Crippen molar-refractivity contribution in [1.82, 2.24) is 0 Å². The Morgan fingerprint density at radius 3 is 1.13 bits per heavy atom. The Morgan fingerprint density at radius 1 is 0.567 bits per heavy atom. The SMILES string of the molecule is CCC1C(CC)(CC)C(CC)(CC)C(CC)(CC)C(CC)(CC)C1(CC)S(=O)(=O)O. The third kappa shape index (κ3) is 2.74. The number of hydrogen-bond donors (Lipinski definition) is 1. The largest absolute Gasteiger partial charge is 0.285 e. The van der Waals surface area contributed by atoms with Gasteiger partial charge in [0.25, 0.3) is 10.1 Å². The van der Waals surface area contributed by atoms with Gasteiger partial charge in [0, 0.05) is 0 Å². The van der Waals surface area contributed by atoms with E-state index in [1.807, 2.05) is 6.92 Å². The van der Waals surface area contributed by atoms with Gasteiger partial charge in [-0.3, -0.25) is 4.55 Å². The van der Waals surface area contributed by atoms with E-state index in [0.717, 1.165) is 57.8 Å². The molecule has 0 aliphatic heterocycles. The summed E-state index contributed by atoms with van der Waals surface area (Å²) in [6.45, 7) is 22.4. The molecule has 30 heavy (non-hydrogen) atoms. The molecule has 3 nitrogen and oxygen atoms in total. The van der Waals surface area contributed by atoms with Gasteiger partial charge in [-0.15, -0.1) is 0 Å². The summed E-state index contributed by atoms with van der Waals surface area (Å²) in [5, 5.41) is 0. The first-order valence-electron chi connectivity index (χ1n) is 13.0. The van der Waals surface area contributed by atoms with E-state index in [1.165, 1.54) is 0 Å². The fourth-order valence-electron chi connectivity index (χ4n) is 10.5. The normalized spacial score (nSPS) is 29.6. The molecule has 1 aliphatic rings. The molecule has 0 bridgehead atoms. The van der Waals surface area contributed by atoms with Crippen LogP contribution < -0.4 is 0 Å². The summed E-state index contributed by atoms with van der Waals surface area (Å²) < 4.78 is 37.3. The lowest BCUT2D eigenvalue weighted by Crippen LogP contribution is -2.78. The van der Waals surface area contributed by atoms with Crippen LogP contribution in [-0.4, -0.2) is 17.7 Å². The van der Waals surface area contributed by atoms with Crippen LogP contribution >= 0.6 is 0 Å². The first kappa shape index (κ1) is 27.9. The molecule has 0 heterocycles. The highest BCUT2D eigenvalue weighted by Gasteiger charge is 2.80. The van der Waals surface area contributed by atoms with Crippen molar-refractivity contribution in [1.29, 1.82) is 0 Å². The zero-order chi connectivity index (χ0) is 23.6. The van der Waals surface area contributed by atoms with E-state index >= 15 is 0 Å². The molecule has 0 saturated heterocycles. The van der Waals surface area contributed by atoms with Crippen LogP contribution in [0.3, 0.4) is 0 Å². The molecule has 0 radical (unpaired) electrons. The van der Waals surface area contributed by atoms with E-state index in [4.69, 9.17) is 0 Å². The molecule has 1 rings (SSSR count). The molecular weight excluding hydrogens is 392 g/mol. The molecule has 2 atom stereocenters. The third-order valence-corrected chi connectivity index (χ3v) is 13.0. The topological polar surface area (TPSA) is 54.4 Å². The van der Waals surface area contributed by atoms with Gasteiger partial charge in [-0.2, -0.15) is 8.42 Å². The molecular formula is C26H52O3S. The molecule has 2 unspecified atom stereocenters. The Kier molecular flexibility index (Phi) is 8.77. The second-order valence-electron chi connectivity index (χ2n) is 9.91. The summed E-state index contributed by atoms with van der Waals surface area (Å²) in [7, 11) is -4.28. The van der Waals surface area contributed by atoms with Crippen LogP contribution in [0.4, 0.5) is 0 Å². The summed E-state index contributed by atoms with van der Waals surface area (Å²) >= 11 is 0. The number of rotatable bonds is 11. The summed E-state index contributed by atoms with van der Waals surface area (Å²) in [6, 6.07) is 0. The standard InChI is InChI=1S/C26H52O3S/c1-11-21-22(12-2,13-3)23(14-4,15-5)24(16-6,17-7)25(18-8,19-9)26(21,20-10)30(27,28)29/h21H,11-20H2,1-10H3,(H,27,28,29). The van der Waals surface area contributed by atoms with E-state index in [2.05, 4.69) is 62.3 Å². The summed E-state index contributed by atoms with van der Waals surface area (Å²) in [4.78, 5) is 0. The number of hydrogen-bond acceptors (Lipinski definition) is 2. The van der Waals surface area contributed by atoms with E-state index in [0.29, 0.717) is 6.42 Å². The Labute approximate surface area is 188 Å². The maximum Gasteiger partial charge on any atom is 0.271 e. The molecule has 1 N–H and O–H groups in total. The lowest BCUT2D eigenvalue weighted by molar-refractivity contribution is -0.271. The molecule has 0 aromatic carbocycles. The van der Waals surface area contributed by atoms with Crippen molar-refractivity contribution in [3.63, 3.8) is 0 Å². The fourth-order valence-corrected chi connectivity index (χ4v) is 12.6. The van der Waals surface area contributed by atoms with Gasteiger partial charge in [0.2, 0.25) is 0 Å². The van der Waals surface area contributed by atoms with E-state index in [-0.39, 0.29) is 22.2 Å². The van der Waals surface area contributed by atoms with Crippen molar-refractivity contribution >= 4 is 10.1 Å². The van der Waals surface area contributed by atoms with Gasteiger partial charge in [0.05, 0.1) is 0 Å².